The molecule has 1 aromatic carbocycles. The highest BCUT2D eigenvalue weighted by Crippen LogP contribution is 2.23. The summed E-state index contributed by atoms with van der Waals surface area (Å²) in [4.78, 5) is 0. The third kappa shape index (κ3) is 0.716. The Hall–Kier alpha value is -0.930. The summed E-state index contributed by atoms with van der Waals surface area (Å²) in [6, 6.07) is 7.69. The lowest BCUT2D eigenvalue weighted by Gasteiger charge is -1.76. The molecule has 0 radical (unpaired) electrons. The second-order valence-electron chi connectivity index (χ2n) is 2.04. The average molecular weight is 152 g/mol. The van der Waals surface area contributed by atoms with Crippen molar-refractivity contribution in [1.29, 1.82) is 0 Å². The van der Waals surface area contributed by atoms with E-state index in [0.29, 0.717) is 0 Å². The molecular weight excluding hydrogens is 146 g/mol. The van der Waals surface area contributed by atoms with Gasteiger partial charge in [-0.2, -0.15) is 0 Å². The lowest BCUT2D eigenvalue weighted by Crippen LogP contribution is -1.60. The minimum atomic E-state index is -0.878. The van der Waals surface area contributed by atoms with Crippen molar-refractivity contribution in [2.75, 3.05) is 0 Å². The molecule has 2 aromatic rings. The second-order valence-corrected chi connectivity index (χ2v) is 3.22. The molecule has 1 aromatic heterocycles. The first-order valence-corrected chi connectivity index (χ1v) is 4.08. The Bertz CT molecular complexity index is 355. The van der Waals surface area contributed by atoms with Crippen LogP contribution in [-0.2, 0) is 0 Å². The standard InChI is InChI=1S/C7H6NOS/c9-10-7-4-2-1-3-6(7)5-8-10/h1-5,9H/q+1. The number of nitrogens with zero attached hydrogens (tertiary/aromatic N) is 1. The Morgan fingerprint density at radius 2 is 2.10 bits per heavy atom. The van der Waals surface area contributed by atoms with Crippen molar-refractivity contribution in [3.63, 3.8) is 0 Å². The fourth-order valence-corrected chi connectivity index (χ4v) is 1.78. The maximum Gasteiger partial charge on any atom is 0.265 e. The van der Waals surface area contributed by atoms with E-state index in [0.717, 1.165) is 10.1 Å². The van der Waals surface area contributed by atoms with E-state index in [1.807, 2.05) is 24.3 Å². The molecule has 0 bridgehead atoms. The van der Waals surface area contributed by atoms with Crippen LogP contribution >= 0.6 is 10.9 Å². The van der Waals surface area contributed by atoms with Crippen LogP contribution in [0.4, 0.5) is 0 Å². The highest BCUT2D eigenvalue weighted by molar-refractivity contribution is 7.26. The van der Waals surface area contributed by atoms with Gasteiger partial charge in [-0.15, -0.1) is 4.55 Å². The summed E-state index contributed by atoms with van der Waals surface area (Å²) < 4.78 is 14.0. The van der Waals surface area contributed by atoms with Gasteiger partial charge in [0.05, 0.1) is 11.6 Å². The molecule has 0 saturated heterocycles. The first-order valence-electron chi connectivity index (χ1n) is 2.94. The topological polar surface area (TPSA) is 33.1 Å². The van der Waals surface area contributed by atoms with Crippen LogP contribution in [0, 0.1) is 0 Å². The normalized spacial score (nSPS) is 12.3. The van der Waals surface area contributed by atoms with Crippen molar-refractivity contribution in [1.82, 2.24) is 4.37 Å². The minimum Gasteiger partial charge on any atom is -0.142 e. The minimum absolute atomic E-state index is 0.878. The summed E-state index contributed by atoms with van der Waals surface area (Å²) in [6.45, 7) is 0. The van der Waals surface area contributed by atoms with E-state index >= 15 is 0 Å². The molecule has 0 aliphatic heterocycles. The zero-order chi connectivity index (χ0) is 6.97. The Kier molecular flexibility index (Phi) is 1.19. The van der Waals surface area contributed by atoms with Crippen LogP contribution in [0.1, 0.15) is 0 Å². The summed E-state index contributed by atoms with van der Waals surface area (Å²) in [5, 5.41) is 1.04. The van der Waals surface area contributed by atoms with Crippen LogP contribution < -0.4 is 0 Å². The molecule has 1 atom stereocenters. The van der Waals surface area contributed by atoms with Gasteiger partial charge in [0.2, 0.25) is 4.70 Å². The van der Waals surface area contributed by atoms with E-state index in [-0.39, 0.29) is 0 Å². The number of fused-ring (bicyclic) bond motifs is 1. The average Bonchev–Trinajstić information content (AvgIpc) is 2.34. The largest absolute Gasteiger partial charge is 0.265 e. The fourth-order valence-electron chi connectivity index (χ4n) is 0.917. The van der Waals surface area contributed by atoms with Gasteiger partial charge in [-0.25, -0.2) is 0 Å². The third-order valence-electron chi connectivity index (χ3n) is 1.41. The first kappa shape index (κ1) is 5.82. The Morgan fingerprint density at radius 3 is 2.90 bits per heavy atom. The summed E-state index contributed by atoms with van der Waals surface area (Å²) in [5.74, 6) is 0. The molecule has 0 aliphatic rings. The molecule has 0 amide bonds. The molecule has 10 heavy (non-hydrogen) atoms. The van der Waals surface area contributed by atoms with Crippen LogP contribution in [0.25, 0.3) is 10.1 Å². The number of hydrogen-bond donors (Lipinski definition) is 1. The molecule has 0 fully saturated rings. The van der Waals surface area contributed by atoms with Crippen molar-refractivity contribution >= 4 is 21.0 Å². The molecule has 1 N–H and O–H groups in total. The fraction of sp³-hybridized carbons (Fsp3) is 0. The van der Waals surface area contributed by atoms with E-state index < -0.39 is 10.9 Å². The molecule has 1 heterocycles. The number of aromatic nitrogens is 1. The van der Waals surface area contributed by atoms with Crippen molar-refractivity contribution in [3.05, 3.63) is 30.5 Å². The molecule has 0 aliphatic carbocycles. The number of rotatable bonds is 0. The summed E-state index contributed by atoms with van der Waals surface area (Å²) >= 11 is 0. The van der Waals surface area contributed by atoms with Crippen LogP contribution in [0.3, 0.4) is 0 Å². The molecular formula is C7H6NOS+. The monoisotopic (exact) mass is 152 g/mol. The quantitative estimate of drug-likeness (QED) is 0.586. The Balaban J connectivity index is 2.93. The van der Waals surface area contributed by atoms with Gasteiger partial charge in [-0.3, -0.25) is 0 Å². The van der Waals surface area contributed by atoms with Crippen molar-refractivity contribution < 1.29 is 4.55 Å². The molecule has 3 heteroatoms. The highest BCUT2D eigenvalue weighted by atomic mass is 32.2. The Morgan fingerprint density at radius 1 is 1.30 bits per heavy atom. The molecule has 2 rings (SSSR count). The molecule has 2 nitrogen and oxygen atoms in total. The summed E-state index contributed by atoms with van der Waals surface area (Å²) in [6.07, 6.45) is 1.71. The molecule has 0 saturated carbocycles. The van der Waals surface area contributed by atoms with Crippen molar-refractivity contribution in [3.8, 4) is 0 Å². The summed E-state index contributed by atoms with van der Waals surface area (Å²) in [7, 11) is -0.878. The van der Waals surface area contributed by atoms with Gasteiger partial charge in [0, 0.05) is 6.07 Å². The van der Waals surface area contributed by atoms with E-state index in [1.54, 1.807) is 6.20 Å². The van der Waals surface area contributed by atoms with Gasteiger partial charge >= 0.3 is 0 Å². The summed E-state index contributed by atoms with van der Waals surface area (Å²) in [5.41, 5.74) is 0. The smallest absolute Gasteiger partial charge is 0.142 e. The van der Waals surface area contributed by atoms with Crippen LogP contribution in [0.2, 0.25) is 0 Å². The van der Waals surface area contributed by atoms with Gasteiger partial charge < -0.3 is 0 Å². The van der Waals surface area contributed by atoms with Gasteiger partial charge in [0.15, 0.2) is 0 Å². The predicted octanol–water partition coefficient (Wildman–Crippen LogP) is 2.12. The Labute approximate surface area is 61.1 Å². The van der Waals surface area contributed by atoms with Crippen molar-refractivity contribution in [2.24, 2.45) is 0 Å². The molecule has 1 unspecified atom stereocenters. The van der Waals surface area contributed by atoms with E-state index in [9.17, 15) is 4.55 Å². The van der Waals surface area contributed by atoms with E-state index in [1.165, 1.54) is 0 Å². The van der Waals surface area contributed by atoms with Gasteiger partial charge in [0.25, 0.3) is 10.9 Å². The van der Waals surface area contributed by atoms with E-state index in [4.69, 9.17) is 0 Å². The lowest BCUT2D eigenvalue weighted by atomic mass is 10.3. The van der Waals surface area contributed by atoms with Crippen LogP contribution in [0.15, 0.2) is 30.5 Å². The number of benzene rings is 1. The SMILES string of the molecule is O[s+]1ncc2ccccc21. The maximum absolute atomic E-state index is 9.21. The maximum atomic E-state index is 9.21. The number of hydrogen-bond acceptors (Lipinski definition) is 2. The van der Waals surface area contributed by atoms with Crippen LogP contribution in [0.5, 0.6) is 0 Å². The highest BCUT2D eigenvalue weighted by Gasteiger charge is 2.09. The van der Waals surface area contributed by atoms with Gasteiger partial charge in [-0.1, -0.05) is 12.1 Å². The first-order chi connectivity index (χ1) is 4.88. The van der Waals surface area contributed by atoms with Gasteiger partial charge in [0.1, 0.15) is 0 Å². The lowest BCUT2D eigenvalue weighted by molar-refractivity contribution is 0.637. The van der Waals surface area contributed by atoms with Crippen molar-refractivity contribution in [2.45, 2.75) is 0 Å². The third-order valence-corrected chi connectivity index (χ3v) is 2.48. The molecule has 50 valence electrons. The van der Waals surface area contributed by atoms with Crippen LogP contribution in [-0.4, -0.2) is 8.93 Å². The predicted molar refractivity (Wildman–Crippen MR) is 41.6 cm³/mol. The van der Waals surface area contributed by atoms with E-state index in [2.05, 4.69) is 4.37 Å². The zero-order valence-corrected chi connectivity index (χ0v) is 6.01. The second kappa shape index (κ2) is 2.04. The van der Waals surface area contributed by atoms with Gasteiger partial charge in [-0.05, 0) is 10.4 Å². The molecule has 0 spiro atoms. The zero-order valence-electron chi connectivity index (χ0n) is 5.19.